The van der Waals surface area contributed by atoms with Gasteiger partial charge in [0.15, 0.2) is 0 Å². The second kappa shape index (κ2) is 3.71. The van der Waals surface area contributed by atoms with E-state index in [1.165, 1.54) is 19.3 Å². The molecule has 1 rings (SSSR count). The van der Waals surface area contributed by atoms with E-state index in [1.54, 1.807) is 5.57 Å². The first kappa shape index (κ1) is 8.74. The average molecular weight is 126 g/mol. The lowest BCUT2D eigenvalue weighted by Crippen LogP contribution is -1.84. The Kier molecular flexibility index (Phi) is 3.60. The maximum absolute atomic E-state index is 2.42. The lowest BCUT2D eigenvalue weighted by molar-refractivity contribution is 0.611. The van der Waals surface area contributed by atoms with Gasteiger partial charge in [-0.05, 0) is 32.1 Å². The van der Waals surface area contributed by atoms with Gasteiger partial charge >= 0.3 is 0 Å². The molecule has 1 unspecified atom stereocenters. The van der Waals surface area contributed by atoms with Gasteiger partial charge in [0.05, 0.1) is 0 Å². The van der Waals surface area contributed by atoms with E-state index < -0.39 is 0 Å². The topological polar surface area (TPSA) is 0 Å². The fraction of sp³-hybridized carbons (Fsp3) is 0.778. The Labute approximate surface area is 59.0 Å². The van der Waals surface area contributed by atoms with Gasteiger partial charge in [-0.3, -0.25) is 0 Å². The first-order valence-electron chi connectivity index (χ1n) is 3.50. The summed E-state index contributed by atoms with van der Waals surface area (Å²) in [6, 6.07) is 0. The summed E-state index contributed by atoms with van der Waals surface area (Å²) in [5, 5.41) is 0. The van der Waals surface area contributed by atoms with Gasteiger partial charge in [-0.2, -0.15) is 0 Å². The van der Waals surface area contributed by atoms with Crippen LogP contribution in [0.5, 0.6) is 0 Å². The predicted molar refractivity (Wildman–Crippen MR) is 43.5 cm³/mol. The number of hydrogen-bond acceptors (Lipinski definition) is 0. The molecule has 54 valence electrons. The number of allylic oxidation sites excluding steroid dienone is 2. The molecule has 0 heteroatoms. The van der Waals surface area contributed by atoms with Crippen LogP contribution < -0.4 is 0 Å². The standard InChI is InChI=1S/C8H14.CH4/c1-3-8-5-4-7(2)6-8;/h6,8H,3-5H2,1-2H3;1H4. The normalized spacial score (nSPS) is 25.1. The quantitative estimate of drug-likeness (QED) is 0.472. The maximum atomic E-state index is 2.42. The Morgan fingerprint density at radius 1 is 1.67 bits per heavy atom. The van der Waals surface area contributed by atoms with Crippen LogP contribution in [0, 0.1) is 5.92 Å². The molecule has 0 amide bonds. The smallest absolute Gasteiger partial charge is 0.0231 e. The molecule has 0 heterocycles. The second-order valence-corrected chi connectivity index (χ2v) is 2.72. The van der Waals surface area contributed by atoms with E-state index in [2.05, 4.69) is 19.9 Å². The van der Waals surface area contributed by atoms with Gasteiger partial charge in [0.25, 0.3) is 0 Å². The van der Waals surface area contributed by atoms with Crippen LogP contribution in [0.3, 0.4) is 0 Å². The van der Waals surface area contributed by atoms with E-state index in [9.17, 15) is 0 Å². The SMILES string of the molecule is C.CCC1C=C(C)CC1. The number of rotatable bonds is 1. The van der Waals surface area contributed by atoms with E-state index >= 15 is 0 Å². The molecule has 0 fully saturated rings. The first-order valence-corrected chi connectivity index (χ1v) is 3.50. The molecule has 0 spiro atoms. The fourth-order valence-corrected chi connectivity index (χ4v) is 1.30. The largest absolute Gasteiger partial charge is 0.0825 e. The minimum absolute atomic E-state index is 0. The van der Waals surface area contributed by atoms with E-state index in [-0.39, 0.29) is 7.43 Å². The van der Waals surface area contributed by atoms with Crippen LogP contribution in [-0.2, 0) is 0 Å². The summed E-state index contributed by atoms with van der Waals surface area (Å²) in [5.74, 6) is 0.912. The lowest BCUT2D eigenvalue weighted by atomic mass is 10.1. The van der Waals surface area contributed by atoms with Crippen molar-refractivity contribution in [3.63, 3.8) is 0 Å². The van der Waals surface area contributed by atoms with Gasteiger partial charge in [-0.15, -0.1) is 0 Å². The van der Waals surface area contributed by atoms with Crippen LogP contribution in [0.2, 0.25) is 0 Å². The molecule has 9 heavy (non-hydrogen) atoms. The van der Waals surface area contributed by atoms with Crippen LogP contribution in [0.1, 0.15) is 40.5 Å². The van der Waals surface area contributed by atoms with Crippen LogP contribution in [0.15, 0.2) is 11.6 Å². The van der Waals surface area contributed by atoms with Crippen molar-refractivity contribution < 1.29 is 0 Å². The molecular weight excluding hydrogens is 108 g/mol. The Morgan fingerprint density at radius 2 is 2.33 bits per heavy atom. The van der Waals surface area contributed by atoms with Crippen LogP contribution >= 0.6 is 0 Å². The Morgan fingerprint density at radius 3 is 2.56 bits per heavy atom. The second-order valence-electron chi connectivity index (χ2n) is 2.72. The van der Waals surface area contributed by atoms with Crippen molar-refractivity contribution in [2.45, 2.75) is 40.5 Å². The highest BCUT2D eigenvalue weighted by atomic mass is 14.1. The first-order chi connectivity index (χ1) is 3.83. The molecule has 0 bridgehead atoms. The molecule has 0 aromatic carbocycles. The van der Waals surface area contributed by atoms with Crippen LogP contribution in [-0.4, -0.2) is 0 Å². The Balaban J connectivity index is 0.000000640. The molecule has 1 atom stereocenters. The monoisotopic (exact) mass is 126 g/mol. The van der Waals surface area contributed by atoms with Gasteiger partial charge in [0, 0.05) is 0 Å². The molecule has 1 aliphatic rings. The summed E-state index contributed by atoms with van der Waals surface area (Å²) in [6.45, 7) is 4.50. The molecular formula is C9H18. The molecule has 0 saturated heterocycles. The van der Waals surface area contributed by atoms with Crippen molar-refractivity contribution in [3.8, 4) is 0 Å². The molecule has 0 aliphatic heterocycles. The molecule has 0 N–H and O–H groups in total. The van der Waals surface area contributed by atoms with Gasteiger partial charge in [-0.1, -0.05) is 26.0 Å². The predicted octanol–water partition coefficient (Wildman–Crippen LogP) is 3.39. The van der Waals surface area contributed by atoms with Crippen molar-refractivity contribution in [2.75, 3.05) is 0 Å². The molecule has 0 radical (unpaired) electrons. The third-order valence-electron chi connectivity index (χ3n) is 1.95. The van der Waals surface area contributed by atoms with Crippen molar-refractivity contribution in [3.05, 3.63) is 11.6 Å². The summed E-state index contributed by atoms with van der Waals surface area (Å²) in [5.41, 5.74) is 1.59. The summed E-state index contributed by atoms with van der Waals surface area (Å²) in [4.78, 5) is 0. The summed E-state index contributed by atoms with van der Waals surface area (Å²) >= 11 is 0. The summed E-state index contributed by atoms with van der Waals surface area (Å²) in [6.07, 6.45) is 6.50. The highest BCUT2D eigenvalue weighted by Crippen LogP contribution is 2.25. The maximum Gasteiger partial charge on any atom is -0.0231 e. The minimum atomic E-state index is 0. The van der Waals surface area contributed by atoms with Gasteiger partial charge in [-0.25, -0.2) is 0 Å². The molecule has 0 aromatic rings. The molecule has 0 saturated carbocycles. The highest BCUT2D eigenvalue weighted by Gasteiger charge is 2.09. The molecule has 0 nitrogen and oxygen atoms in total. The van der Waals surface area contributed by atoms with Gasteiger partial charge in [0.2, 0.25) is 0 Å². The molecule has 0 aromatic heterocycles. The Bertz CT molecular complexity index is 101. The highest BCUT2D eigenvalue weighted by molar-refractivity contribution is 5.07. The summed E-state index contributed by atoms with van der Waals surface area (Å²) < 4.78 is 0. The van der Waals surface area contributed by atoms with E-state index in [1.807, 2.05) is 0 Å². The van der Waals surface area contributed by atoms with Gasteiger partial charge in [0.1, 0.15) is 0 Å². The summed E-state index contributed by atoms with van der Waals surface area (Å²) in [7, 11) is 0. The van der Waals surface area contributed by atoms with Crippen molar-refractivity contribution >= 4 is 0 Å². The van der Waals surface area contributed by atoms with Gasteiger partial charge < -0.3 is 0 Å². The third kappa shape index (κ3) is 2.21. The van der Waals surface area contributed by atoms with E-state index in [0.717, 1.165) is 5.92 Å². The zero-order chi connectivity index (χ0) is 5.98. The minimum Gasteiger partial charge on any atom is -0.0825 e. The van der Waals surface area contributed by atoms with Crippen molar-refractivity contribution in [2.24, 2.45) is 5.92 Å². The Hall–Kier alpha value is -0.260. The van der Waals surface area contributed by atoms with E-state index in [0.29, 0.717) is 0 Å². The molecule has 1 aliphatic carbocycles. The van der Waals surface area contributed by atoms with E-state index in [4.69, 9.17) is 0 Å². The van der Waals surface area contributed by atoms with Crippen LogP contribution in [0.25, 0.3) is 0 Å². The van der Waals surface area contributed by atoms with Crippen molar-refractivity contribution in [1.82, 2.24) is 0 Å². The lowest BCUT2D eigenvalue weighted by Gasteiger charge is -1.97. The van der Waals surface area contributed by atoms with Crippen molar-refractivity contribution in [1.29, 1.82) is 0 Å². The third-order valence-corrected chi connectivity index (χ3v) is 1.95. The fourth-order valence-electron chi connectivity index (χ4n) is 1.30. The zero-order valence-corrected chi connectivity index (χ0v) is 5.78. The zero-order valence-electron chi connectivity index (χ0n) is 5.78. The van der Waals surface area contributed by atoms with Crippen LogP contribution in [0.4, 0.5) is 0 Å². The average Bonchev–Trinajstić information content (AvgIpc) is 2.14. The number of hydrogen-bond donors (Lipinski definition) is 0.